The molecule has 0 bridgehead atoms. The lowest BCUT2D eigenvalue weighted by molar-refractivity contribution is 0.283. The molecule has 0 fully saturated rings. The van der Waals surface area contributed by atoms with Crippen LogP contribution in [0, 0.1) is 0 Å². The average Bonchev–Trinajstić information content (AvgIpc) is 2.98. The minimum Gasteiger partial charge on any atom is -0.493 e. The molecule has 0 saturated heterocycles. The summed E-state index contributed by atoms with van der Waals surface area (Å²) in [6.07, 6.45) is 1.75. The third-order valence-corrected chi connectivity index (χ3v) is 4.08. The van der Waals surface area contributed by atoms with Gasteiger partial charge in [-0.15, -0.1) is 11.3 Å². The Morgan fingerprint density at radius 3 is 2.75 bits per heavy atom. The molecular formula is C16H21NO2S. The molecule has 0 aliphatic rings. The minimum absolute atomic E-state index is 0.145. The van der Waals surface area contributed by atoms with Crippen molar-refractivity contribution in [2.45, 2.75) is 32.4 Å². The fraction of sp³-hybridized carbons (Fsp3) is 0.375. The standard InChI is InChI=1S/C16H21NO2S/c1-3-13(17)10-12-6-4-8-15(18-2)16(12)19-11-14-7-5-9-20-14/h4-9,13H,3,10-11,17H2,1-2H3. The van der Waals surface area contributed by atoms with Crippen LogP contribution in [0.4, 0.5) is 0 Å². The van der Waals surface area contributed by atoms with Gasteiger partial charge in [0.25, 0.3) is 0 Å². The van der Waals surface area contributed by atoms with E-state index in [1.165, 1.54) is 4.88 Å². The molecule has 0 spiro atoms. The number of rotatable bonds is 7. The number of hydrogen-bond donors (Lipinski definition) is 1. The van der Waals surface area contributed by atoms with E-state index in [1.807, 2.05) is 18.2 Å². The molecule has 1 unspecified atom stereocenters. The first-order chi connectivity index (χ1) is 9.74. The second-order valence-corrected chi connectivity index (χ2v) is 5.72. The molecule has 4 heteroatoms. The third kappa shape index (κ3) is 3.74. The van der Waals surface area contributed by atoms with E-state index in [0.717, 1.165) is 29.9 Å². The van der Waals surface area contributed by atoms with Crippen molar-refractivity contribution in [3.63, 3.8) is 0 Å². The van der Waals surface area contributed by atoms with E-state index in [4.69, 9.17) is 15.2 Å². The second-order valence-electron chi connectivity index (χ2n) is 4.69. The number of para-hydroxylation sites is 1. The number of thiophene rings is 1. The Kier molecular flexibility index (Phi) is 5.44. The molecule has 20 heavy (non-hydrogen) atoms. The molecule has 0 amide bonds. The van der Waals surface area contributed by atoms with Gasteiger partial charge in [0.05, 0.1) is 7.11 Å². The molecule has 0 aliphatic heterocycles. The van der Waals surface area contributed by atoms with E-state index in [2.05, 4.69) is 24.4 Å². The van der Waals surface area contributed by atoms with Crippen LogP contribution in [0.5, 0.6) is 11.5 Å². The van der Waals surface area contributed by atoms with E-state index in [-0.39, 0.29) is 6.04 Å². The minimum atomic E-state index is 0.145. The Morgan fingerprint density at radius 2 is 2.10 bits per heavy atom. The largest absolute Gasteiger partial charge is 0.493 e. The summed E-state index contributed by atoms with van der Waals surface area (Å²) in [6.45, 7) is 2.66. The maximum Gasteiger partial charge on any atom is 0.164 e. The highest BCUT2D eigenvalue weighted by Gasteiger charge is 2.13. The van der Waals surface area contributed by atoms with Crippen molar-refractivity contribution in [1.29, 1.82) is 0 Å². The van der Waals surface area contributed by atoms with Crippen LogP contribution in [-0.2, 0) is 13.0 Å². The Balaban J connectivity index is 2.18. The average molecular weight is 291 g/mol. The van der Waals surface area contributed by atoms with Crippen molar-refractivity contribution in [2.24, 2.45) is 5.73 Å². The fourth-order valence-electron chi connectivity index (χ4n) is 2.01. The Bertz CT molecular complexity index is 525. The van der Waals surface area contributed by atoms with Crippen LogP contribution in [0.1, 0.15) is 23.8 Å². The van der Waals surface area contributed by atoms with Gasteiger partial charge >= 0.3 is 0 Å². The number of hydrogen-bond acceptors (Lipinski definition) is 4. The first-order valence-electron chi connectivity index (χ1n) is 6.81. The number of ether oxygens (including phenoxy) is 2. The van der Waals surface area contributed by atoms with Gasteiger partial charge in [-0.2, -0.15) is 0 Å². The van der Waals surface area contributed by atoms with E-state index in [0.29, 0.717) is 6.61 Å². The summed E-state index contributed by atoms with van der Waals surface area (Å²) in [5.41, 5.74) is 7.17. The molecule has 1 aromatic carbocycles. The summed E-state index contributed by atoms with van der Waals surface area (Å²) < 4.78 is 11.4. The van der Waals surface area contributed by atoms with E-state index in [9.17, 15) is 0 Å². The van der Waals surface area contributed by atoms with Gasteiger partial charge in [-0.1, -0.05) is 25.1 Å². The molecule has 1 heterocycles. The van der Waals surface area contributed by atoms with E-state index >= 15 is 0 Å². The van der Waals surface area contributed by atoms with Crippen LogP contribution in [0.25, 0.3) is 0 Å². The predicted octanol–water partition coefficient (Wildman–Crippen LogP) is 3.62. The first-order valence-corrected chi connectivity index (χ1v) is 7.69. The molecule has 3 nitrogen and oxygen atoms in total. The second kappa shape index (κ2) is 7.31. The number of benzene rings is 1. The molecule has 0 aliphatic carbocycles. The predicted molar refractivity (Wildman–Crippen MR) is 83.6 cm³/mol. The van der Waals surface area contributed by atoms with E-state index < -0.39 is 0 Å². The molecule has 2 aromatic rings. The summed E-state index contributed by atoms with van der Waals surface area (Å²) in [5, 5.41) is 2.05. The van der Waals surface area contributed by atoms with Gasteiger partial charge in [-0.3, -0.25) is 0 Å². The fourth-order valence-corrected chi connectivity index (χ4v) is 2.63. The Labute approximate surface area is 124 Å². The SMILES string of the molecule is CCC(N)Cc1cccc(OC)c1OCc1cccs1. The smallest absolute Gasteiger partial charge is 0.164 e. The zero-order valence-electron chi connectivity index (χ0n) is 12.0. The van der Waals surface area contributed by atoms with Crippen molar-refractivity contribution in [3.8, 4) is 11.5 Å². The summed E-state index contributed by atoms with van der Waals surface area (Å²) in [4.78, 5) is 1.20. The lowest BCUT2D eigenvalue weighted by atomic mass is 10.0. The van der Waals surface area contributed by atoms with Gasteiger partial charge in [0.15, 0.2) is 11.5 Å². The van der Waals surface area contributed by atoms with Crippen molar-refractivity contribution < 1.29 is 9.47 Å². The summed E-state index contributed by atoms with van der Waals surface area (Å²) >= 11 is 1.69. The molecule has 0 radical (unpaired) electrons. The lowest BCUT2D eigenvalue weighted by Gasteiger charge is -2.16. The first kappa shape index (κ1) is 14.9. The van der Waals surface area contributed by atoms with Gasteiger partial charge in [-0.25, -0.2) is 0 Å². The van der Waals surface area contributed by atoms with Crippen LogP contribution in [0.15, 0.2) is 35.7 Å². The van der Waals surface area contributed by atoms with Crippen LogP contribution in [-0.4, -0.2) is 13.2 Å². The van der Waals surface area contributed by atoms with Crippen molar-refractivity contribution in [1.82, 2.24) is 0 Å². The van der Waals surface area contributed by atoms with Crippen LogP contribution >= 0.6 is 11.3 Å². The van der Waals surface area contributed by atoms with Crippen LogP contribution in [0.2, 0.25) is 0 Å². The normalized spacial score (nSPS) is 12.2. The Hall–Kier alpha value is -1.52. The van der Waals surface area contributed by atoms with Crippen LogP contribution < -0.4 is 15.2 Å². The van der Waals surface area contributed by atoms with Gasteiger partial charge in [-0.05, 0) is 35.9 Å². The highest BCUT2D eigenvalue weighted by atomic mass is 32.1. The zero-order valence-corrected chi connectivity index (χ0v) is 12.8. The summed E-state index contributed by atoms with van der Waals surface area (Å²) in [7, 11) is 1.66. The van der Waals surface area contributed by atoms with Gasteiger partial charge in [0, 0.05) is 10.9 Å². The van der Waals surface area contributed by atoms with Gasteiger partial charge in [0.2, 0.25) is 0 Å². The van der Waals surface area contributed by atoms with Crippen LogP contribution in [0.3, 0.4) is 0 Å². The van der Waals surface area contributed by atoms with Crippen molar-refractivity contribution in [2.75, 3.05) is 7.11 Å². The van der Waals surface area contributed by atoms with Gasteiger partial charge in [0.1, 0.15) is 6.61 Å². The topological polar surface area (TPSA) is 44.5 Å². The summed E-state index contributed by atoms with van der Waals surface area (Å²) in [6, 6.07) is 10.2. The molecule has 2 N–H and O–H groups in total. The van der Waals surface area contributed by atoms with Gasteiger partial charge < -0.3 is 15.2 Å². The third-order valence-electron chi connectivity index (χ3n) is 3.23. The Morgan fingerprint density at radius 1 is 1.25 bits per heavy atom. The maximum atomic E-state index is 6.06. The highest BCUT2D eigenvalue weighted by Crippen LogP contribution is 2.33. The zero-order chi connectivity index (χ0) is 14.4. The molecule has 1 atom stereocenters. The quantitative estimate of drug-likeness (QED) is 0.847. The lowest BCUT2D eigenvalue weighted by Crippen LogP contribution is -2.21. The van der Waals surface area contributed by atoms with Crippen molar-refractivity contribution in [3.05, 3.63) is 46.2 Å². The van der Waals surface area contributed by atoms with Crippen molar-refractivity contribution >= 4 is 11.3 Å². The molecular weight excluding hydrogens is 270 g/mol. The number of methoxy groups -OCH3 is 1. The highest BCUT2D eigenvalue weighted by molar-refractivity contribution is 7.09. The summed E-state index contributed by atoms with van der Waals surface area (Å²) in [5.74, 6) is 1.58. The molecule has 0 saturated carbocycles. The number of nitrogens with two attached hydrogens (primary N) is 1. The maximum absolute atomic E-state index is 6.06. The monoisotopic (exact) mass is 291 g/mol. The molecule has 2 rings (SSSR count). The van der Waals surface area contributed by atoms with E-state index in [1.54, 1.807) is 18.4 Å². The molecule has 108 valence electrons. The molecule has 1 aromatic heterocycles.